The molecular weight excluding hydrogens is 242 g/mol. The van der Waals surface area contributed by atoms with Crippen LogP contribution in [0.5, 0.6) is 0 Å². The second-order valence-electron chi connectivity index (χ2n) is 3.78. The highest BCUT2D eigenvalue weighted by molar-refractivity contribution is 5.85. The van der Waals surface area contributed by atoms with E-state index in [2.05, 4.69) is 4.98 Å². The molecule has 0 aliphatic heterocycles. The van der Waals surface area contributed by atoms with Crippen molar-refractivity contribution in [1.29, 1.82) is 0 Å². The monoisotopic (exact) mass is 252 g/mol. The molecule has 0 spiro atoms. The fourth-order valence-electron chi connectivity index (χ4n) is 1.80. The van der Waals surface area contributed by atoms with E-state index in [4.69, 9.17) is 5.11 Å². The van der Waals surface area contributed by atoms with Crippen LogP contribution in [0.4, 0.5) is 8.78 Å². The van der Waals surface area contributed by atoms with Gasteiger partial charge in [-0.15, -0.1) is 0 Å². The highest BCUT2D eigenvalue weighted by Gasteiger charge is 2.26. The number of hydrogen-bond donors (Lipinski definition) is 1. The Kier molecular flexibility index (Phi) is 3.10. The predicted molar refractivity (Wildman–Crippen MR) is 59.4 cm³/mol. The van der Waals surface area contributed by atoms with Gasteiger partial charge in [-0.3, -0.25) is 4.57 Å². The van der Waals surface area contributed by atoms with E-state index in [9.17, 15) is 13.6 Å². The first-order valence-corrected chi connectivity index (χ1v) is 5.24. The molecule has 94 valence electrons. The maximum absolute atomic E-state index is 13.5. The van der Waals surface area contributed by atoms with Crippen molar-refractivity contribution in [3.05, 3.63) is 53.6 Å². The molecule has 0 bridgehead atoms. The highest BCUT2D eigenvalue weighted by atomic mass is 19.1. The third-order valence-electron chi connectivity index (χ3n) is 2.70. The van der Waals surface area contributed by atoms with E-state index in [0.29, 0.717) is 5.56 Å². The summed E-state index contributed by atoms with van der Waals surface area (Å²) in [6.07, 6.45) is -1.15. The van der Waals surface area contributed by atoms with E-state index < -0.39 is 29.7 Å². The van der Waals surface area contributed by atoms with Crippen molar-refractivity contribution in [2.45, 2.75) is 13.0 Å². The molecule has 0 aliphatic carbocycles. The molecule has 1 N–H and O–H groups in total. The van der Waals surface area contributed by atoms with Crippen LogP contribution in [0.3, 0.4) is 0 Å². The number of carboxylic acid groups (broad SMARTS) is 1. The molecule has 0 aliphatic rings. The lowest BCUT2D eigenvalue weighted by atomic mass is 10.1. The van der Waals surface area contributed by atoms with Crippen LogP contribution >= 0.6 is 0 Å². The lowest BCUT2D eigenvalue weighted by molar-refractivity contribution is 0.0676. The van der Waals surface area contributed by atoms with Gasteiger partial charge in [0.25, 0.3) is 6.08 Å². The standard InChI is InChI=1S/C12H10F2N2O2/c1-7(8-5-3-2-4-6-8)16-9(11(17)18)10(13)15-12(16)14/h2-7H,1H3,(H,17,18). The third-order valence-corrected chi connectivity index (χ3v) is 2.70. The molecule has 1 heterocycles. The number of hydrogen-bond acceptors (Lipinski definition) is 2. The summed E-state index contributed by atoms with van der Waals surface area (Å²) in [5, 5.41) is 8.89. The molecule has 0 amide bonds. The first kappa shape index (κ1) is 12.2. The SMILES string of the molecule is CC(c1ccccc1)n1c(F)nc(F)c1C(=O)O. The lowest BCUT2D eigenvalue weighted by Crippen LogP contribution is -2.16. The molecule has 1 unspecified atom stereocenters. The topological polar surface area (TPSA) is 55.1 Å². The Hall–Kier alpha value is -2.24. The van der Waals surface area contributed by atoms with Crippen LogP contribution in [-0.2, 0) is 0 Å². The molecule has 4 nitrogen and oxygen atoms in total. The Morgan fingerprint density at radius 2 is 1.94 bits per heavy atom. The average molecular weight is 252 g/mol. The Labute approximate surface area is 102 Å². The Morgan fingerprint density at radius 1 is 1.33 bits per heavy atom. The zero-order valence-corrected chi connectivity index (χ0v) is 9.47. The minimum atomic E-state index is -1.55. The van der Waals surface area contributed by atoms with Gasteiger partial charge in [-0.05, 0) is 12.5 Å². The van der Waals surface area contributed by atoms with Crippen molar-refractivity contribution < 1.29 is 18.7 Å². The summed E-state index contributed by atoms with van der Waals surface area (Å²) in [5.74, 6) is -2.87. The smallest absolute Gasteiger partial charge is 0.357 e. The van der Waals surface area contributed by atoms with Gasteiger partial charge >= 0.3 is 5.97 Å². The van der Waals surface area contributed by atoms with Crippen molar-refractivity contribution in [3.63, 3.8) is 0 Å². The summed E-state index contributed by atoms with van der Waals surface area (Å²) >= 11 is 0. The minimum Gasteiger partial charge on any atom is -0.476 e. The van der Waals surface area contributed by atoms with Crippen LogP contribution in [0.25, 0.3) is 0 Å². The van der Waals surface area contributed by atoms with E-state index in [1.165, 1.54) is 0 Å². The van der Waals surface area contributed by atoms with Crippen molar-refractivity contribution in [1.82, 2.24) is 9.55 Å². The van der Waals surface area contributed by atoms with E-state index in [1.807, 2.05) is 0 Å². The molecule has 0 saturated heterocycles. The van der Waals surface area contributed by atoms with Gasteiger partial charge in [0.05, 0.1) is 6.04 Å². The summed E-state index contributed by atoms with van der Waals surface area (Å²) < 4.78 is 27.5. The number of imidazole rings is 1. The second-order valence-corrected chi connectivity index (χ2v) is 3.78. The summed E-state index contributed by atoms with van der Waals surface area (Å²) in [6, 6.07) is 7.99. The van der Waals surface area contributed by atoms with Crippen molar-refractivity contribution in [3.8, 4) is 0 Å². The molecular formula is C12H10F2N2O2. The lowest BCUT2D eigenvalue weighted by Gasteiger charge is -2.15. The van der Waals surface area contributed by atoms with Gasteiger partial charge in [0.15, 0.2) is 5.69 Å². The van der Waals surface area contributed by atoms with Gasteiger partial charge in [0.1, 0.15) is 0 Å². The average Bonchev–Trinajstić information content (AvgIpc) is 2.64. The second kappa shape index (κ2) is 4.56. The molecule has 18 heavy (non-hydrogen) atoms. The van der Waals surface area contributed by atoms with Crippen LogP contribution in [0.1, 0.15) is 29.0 Å². The predicted octanol–water partition coefficient (Wildman–Crippen LogP) is 2.47. The number of benzene rings is 1. The number of aromatic nitrogens is 2. The zero-order valence-electron chi connectivity index (χ0n) is 9.47. The highest BCUT2D eigenvalue weighted by Crippen LogP contribution is 2.22. The van der Waals surface area contributed by atoms with Gasteiger partial charge in [-0.1, -0.05) is 30.3 Å². The number of halogens is 2. The fourth-order valence-corrected chi connectivity index (χ4v) is 1.80. The minimum absolute atomic E-state index is 0.658. The molecule has 0 fully saturated rings. The van der Waals surface area contributed by atoms with E-state index in [-0.39, 0.29) is 0 Å². The van der Waals surface area contributed by atoms with Crippen LogP contribution in [0, 0.1) is 12.0 Å². The summed E-state index contributed by atoms with van der Waals surface area (Å²) in [6.45, 7) is 1.58. The van der Waals surface area contributed by atoms with Crippen LogP contribution in [0.15, 0.2) is 30.3 Å². The number of rotatable bonds is 3. The molecule has 2 rings (SSSR count). The first-order chi connectivity index (χ1) is 8.52. The Bertz CT molecular complexity index is 581. The van der Waals surface area contributed by atoms with Gasteiger partial charge in [0, 0.05) is 0 Å². The molecule has 0 saturated carbocycles. The maximum atomic E-state index is 13.5. The van der Waals surface area contributed by atoms with Crippen molar-refractivity contribution in [2.75, 3.05) is 0 Å². The molecule has 1 aromatic carbocycles. The van der Waals surface area contributed by atoms with Crippen molar-refractivity contribution in [2.24, 2.45) is 0 Å². The molecule has 1 aromatic heterocycles. The first-order valence-electron chi connectivity index (χ1n) is 5.24. The van der Waals surface area contributed by atoms with Gasteiger partial charge < -0.3 is 5.11 Å². The van der Waals surface area contributed by atoms with E-state index in [0.717, 1.165) is 4.57 Å². The third kappa shape index (κ3) is 1.97. The quantitative estimate of drug-likeness (QED) is 0.912. The van der Waals surface area contributed by atoms with Crippen LogP contribution in [-0.4, -0.2) is 20.6 Å². The number of aromatic carboxylic acids is 1. The van der Waals surface area contributed by atoms with E-state index >= 15 is 0 Å². The summed E-state index contributed by atoms with van der Waals surface area (Å²) in [4.78, 5) is 13.9. The molecule has 1 atom stereocenters. The summed E-state index contributed by atoms with van der Waals surface area (Å²) in [5.41, 5.74) is -0.111. The largest absolute Gasteiger partial charge is 0.476 e. The normalized spacial score (nSPS) is 12.4. The zero-order chi connectivity index (χ0) is 13.3. The Morgan fingerprint density at radius 3 is 2.50 bits per heavy atom. The number of nitrogens with zero attached hydrogens (tertiary/aromatic N) is 2. The Balaban J connectivity index is 2.55. The fraction of sp³-hybridized carbons (Fsp3) is 0.167. The van der Waals surface area contributed by atoms with Gasteiger partial charge in [-0.2, -0.15) is 13.8 Å². The molecule has 2 aromatic rings. The number of carbonyl (C=O) groups is 1. The van der Waals surface area contributed by atoms with Gasteiger partial charge in [-0.25, -0.2) is 4.79 Å². The summed E-state index contributed by atoms with van der Waals surface area (Å²) in [7, 11) is 0. The van der Waals surface area contributed by atoms with Gasteiger partial charge in [0.2, 0.25) is 5.95 Å². The van der Waals surface area contributed by atoms with Crippen molar-refractivity contribution >= 4 is 5.97 Å². The van der Waals surface area contributed by atoms with Crippen LogP contribution in [0.2, 0.25) is 0 Å². The molecule has 6 heteroatoms. The van der Waals surface area contributed by atoms with E-state index in [1.54, 1.807) is 37.3 Å². The number of carboxylic acids is 1. The maximum Gasteiger partial charge on any atom is 0.357 e. The molecule has 0 radical (unpaired) electrons. The van der Waals surface area contributed by atoms with Crippen LogP contribution < -0.4 is 0 Å².